The number of thiophene rings is 1. The third-order valence-corrected chi connectivity index (χ3v) is 5.33. The van der Waals surface area contributed by atoms with Gasteiger partial charge in [0.25, 0.3) is 0 Å². The highest BCUT2D eigenvalue weighted by molar-refractivity contribution is 9.11. The van der Waals surface area contributed by atoms with Crippen molar-refractivity contribution < 1.29 is 4.79 Å². The van der Waals surface area contributed by atoms with Crippen LogP contribution in [0.4, 0.5) is 4.79 Å². The zero-order valence-corrected chi connectivity index (χ0v) is 13.3. The van der Waals surface area contributed by atoms with Gasteiger partial charge in [0.1, 0.15) is 5.00 Å². The molecule has 0 aromatic carbocycles. The maximum Gasteiger partial charge on any atom is 0.346 e. The van der Waals surface area contributed by atoms with E-state index in [0.29, 0.717) is 0 Å². The zero-order valence-electron chi connectivity index (χ0n) is 10.1. The van der Waals surface area contributed by atoms with Crippen LogP contribution in [0.25, 0.3) is 5.00 Å². The second kappa shape index (κ2) is 5.60. The molecule has 0 bridgehead atoms. The molecule has 3 heterocycles. The predicted octanol–water partition coefficient (Wildman–Crippen LogP) is 3.48. The molecule has 0 unspecified atom stereocenters. The first kappa shape index (κ1) is 13.1. The number of carbonyl (C=O) groups excluding carboxylic acids is 1. The van der Waals surface area contributed by atoms with E-state index in [-0.39, 0.29) is 6.03 Å². The summed E-state index contributed by atoms with van der Waals surface area (Å²) in [6.45, 7) is 1.66. The molecule has 4 nitrogen and oxygen atoms in total. The molecule has 0 saturated carbocycles. The van der Waals surface area contributed by atoms with E-state index in [2.05, 4.69) is 20.9 Å². The highest BCUT2D eigenvalue weighted by Gasteiger charge is 2.17. The lowest BCUT2D eigenvalue weighted by Gasteiger charge is -2.10. The van der Waals surface area contributed by atoms with Gasteiger partial charge >= 0.3 is 6.03 Å². The molecule has 19 heavy (non-hydrogen) atoms. The lowest BCUT2D eigenvalue weighted by Crippen LogP contribution is -2.27. The minimum atomic E-state index is -0.121. The number of thiazole rings is 1. The molecule has 1 aliphatic heterocycles. The van der Waals surface area contributed by atoms with Crippen LogP contribution in [0, 0.1) is 0 Å². The summed E-state index contributed by atoms with van der Waals surface area (Å²) in [5.41, 5.74) is 0. The first-order chi connectivity index (χ1) is 9.24. The van der Waals surface area contributed by atoms with Gasteiger partial charge in [-0.15, -0.1) is 22.7 Å². The highest BCUT2D eigenvalue weighted by Crippen LogP contribution is 2.24. The van der Waals surface area contributed by atoms with Crippen LogP contribution in [0.3, 0.4) is 0 Å². The fraction of sp³-hybridized carbons (Fsp3) is 0.333. The molecule has 0 N–H and O–H groups in total. The largest absolute Gasteiger partial charge is 0.346 e. The Balaban J connectivity index is 1.93. The Kier molecular flexibility index (Phi) is 3.86. The second-order valence-corrected chi connectivity index (χ2v) is 7.54. The minimum Gasteiger partial charge on any atom is -0.323 e. The molecular weight excluding hydrogens is 346 g/mol. The molecule has 0 radical (unpaired) electrons. The van der Waals surface area contributed by atoms with E-state index < -0.39 is 0 Å². The summed E-state index contributed by atoms with van der Waals surface area (Å²) in [6, 6.07) is 3.89. The zero-order chi connectivity index (χ0) is 13.2. The summed E-state index contributed by atoms with van der Waals surface area (Å²) in [5.74, 6) is 0. The van der Waals surface area contributed by atoms with Crippen LogP contribution in [0.2, 0.25) is 0 Å². The molecule has 0 atom stereocenters. The van der Waals surface area contributed by atoms with Crippen molar-refractivity contribution in [3.63, 3.8) is 0 Å². The van der Waals surface area contributed by atoms with Crippen LogP contribution in [0.5, 0.6) is 0 Å². The van der Waals surface area contributed by atoms with Crippen LogP contribution in [0.1, 0.15) is 12.8 Å². The first-order valence-electron chi connectivity index (χ1n) is 5.99. The van der Waals surface area contributed by atoms with Crippen LogP contribution in [0.15, 0.2) is 32.5 Å². The Morgan fingerprint density at radius 3 is 2.79 bits per heavy atom. The Morgan fingerprint density at radius 1 is 1.32 bits per heavy atom. The smallest absolute Gasteiger partial charge is 0.323 e. The Hall–Kier alpha value is -0.920. The molecule has 1 saturated heterocycles. The van der Waals surface area contributed by atoms with Gasteiger partial charge in [-0.25, -0.2) is 4.79 Å². The molecule has 3 rings (SSSR count). The standard InChI is InChI=1S/C12H12BrN3OS2/c13-9-3-4-10(19-9)16-7-8-18-12(16)14-11(17)15-5-1-2-6-15/h3-4,7-8H,1-2,5-6H2/b14-12-. The maximum absolute atomic E-state index is 12.0. The van der Waals surface area contributed by atoms with Gasteiger partial charge in [0.15, 0.2) is 4.80 Å². The van der Waals surface area contributed by atoms with Crippen molar-refractivity contribution in [1.82, 2.24) is 9.47 Å². The number of urea groups is 1. The average molecular weight is 358 g/mol. The molecular formula is C12H12BrN3OS2. The number of likely N-dealkylation sites (tertiary alicyclic amines) is 1. The molecule has 2 aromatic heterocycles. The normalized spacial score (nSPS) is 16.3. The fourth-order valence-corrected chi connectivity index (χ4v) is 4.13. The molecule has 0 aliphatic carbocycles. The minimum absolute atomic E-state index is 0.121. The Bertz CT molecular complexity index is 652. The number of carbonyl (C=O) groups is 1. The summed E-state index contributed by atoms with van der Waals surface area (Å²) in [5, 5.41) is 3.00. The van der Waals surface area contributed by atoms with Crippen LogP contribution >= 0.6 is 38.6 Å². The summed E-state index contributed by atoms with van der Waals surface area (Å²) in [7, 11) is 0. The van der Waals surface area contributed by atoms with E-state index >= 15 is 0 Å². The van der Waals surface area contributed by atoms with E-state index in [1.807, 2.05) is 33.2 Å². The first-order valence-corrected chi connectivity index (χ1v) is 8.48. The van der Waals surface area contributed by atoms with Crippen LogP contribution in [-0.2, 0) is 0 Å². The van der Waals surface area contributed by atoms with Crippen LogP contribution < -0.4 is 4.80 Å². The molecule has 100 valence electrons. The number of hydrogen-bond acceptors (Lipinski definition) is 3. The van der Waals surface area contributed by atoms with Crippen LogP contribution in [-0.4, -0.2) is 28.6 Å². The van der Waals surface area contributed by atoms with Crippen molar-refractivity contribution in [1.29, 1.82) is 0 Å². The van der Waals surface area contributed by atoms with Gasteiger partial charge in [-0.2, -0.15) is 4.99 Å². The molecule has 0 spiro atoms. The molecule has 1 fully saturated rings. The van der Waals surface area contributed by atoms with Crippen molar-refractivity contribution in [2.24, 2.45) is 4.99 Å². The number of hydrogen-bond donors (Lipinski definition) is 0. The number of amides is 2. The summed E-state index contributed by atoms with van der Waals surface area (Å²) in [4.78, 5) is 18.8. The number of aromatic nitrogens is 1. The van der Waals surface area contributed by atoms with Crippen molar-refractivity contribution in [3.8, 4) is 5.00 Å². The summed E-state index contributed by atoms with van der Waals surface area (Å²) >= 11 is 6.55. The van der Waals surface area contributed by atoms with Gasteiger partial charge in [0.05, 0.1) is 3.79 Å². The Morgan fingerprint density at radius 2 is 2.11 bits per heavy atom. The van der Waals surface area contributed by atoms with Gasteiger partial charge < -0.3 is 4.90 Å². The van der Waals surface area contributed by atoms with Crippen molar-refractivity contribution in [2.75, 3.05) is 13.1 Å². The summed E-state index contributed by atoms with van der Waals surface area (Å²) < 4.78 is 3.02. The van der Waals surface area contributed by atoms with Gasteiger partial charge in [-0.3, -0.25) is 4.57 Å². The van der Waals surface area contributed by atoms with Gasteiger partial charge in [-0.05, 0) is 40.9 Å². The molecule has 2 amide bonds. The number of nitrogens with zero attached hydrogens (tertiary/aromatic N) is 3. The van der Waals surface area contributed by atoms with Gasteiger partial charge in [0, 0.05) is 24.7 Å². The van der Waals surface area contributed by atoms with Gasteiger partial charge in [-0.1, -0.05) is 0 Å². The van der Waals surface area contributed by atoms with E-state index in [1.54, 1.807) is 11.3 Å². The second-order valence-electron chi connectivity index (χ2n) is 4.22. The lowest BCUT2D eigenvalue weighted by atomic mass is 10.4. The van der Waals surface area contributed by atoms with E-state index in [9.17, 15) is 4.79 Å². The third kappa shape index (κ3) is 2.82. The maximum atomic E-state index is 12.0. The monoisotopic (exact) mass is 357 g/mol. The Labute approximate surface area is 127 Å². The van der Waals surface area contributed by atoms with E-state index in [0.717, 1.165) is 39.5 Å². The SMILES string of the molecule is O=C(/N=c1\sccn1-c1ccc(Br)s1)N1CCCC1. The average Bonchev–Trinajstić information content (AvgIpc) is 3.08. The quantitative estimate of drug-likeness (QED) is 0.769. The summed E-state index contributed by atoms with van der Waals surface area (Å²) in [6.07, 6.45) is 4.12. The van der Waals surface area contributed by atoms with Crippen molar-refractivity contribution >= 4 is 44.6 Å². The van der Waals surface area contributed by atoms with Crippen molar-refractivity contribution in [2.45, 2.75) is 12.8 Å². The predicted molar refractivity (Wildman–Crippen MR) is 81.0 cm³/mol. The number of rotatable bonds is 1. The third-order valence-electron chi connectivity index (χ3n) is 2.95. The topological polar surface area (TPSA) is 37.6 Å². The molecule has 1 aliphatic rings. The van der Waals surface area contributed by atoms with Crippen molar-refractivity contribution in [3.05, 3.63) is 32.3 Å². The fourth-order valence-electron chi connectivity index (χ4n) is 2.02. The lowest BCUT2D eigenvalue weighted by molar-refractivity contribution is 0.218. The van der Waals surface area contributed by atoms with Gasteiger partial charge in [0.2, 0.25) is 0 Å². The molecule has 2 aromatic rings. The molecule has 7 heteroatoms. The highest BCUT2D eigenvalue weighted by atomic mass is 79.9. The number of halogens is 1. The van der Waals surface area contributed by atoms with E-state index in [4.69, 9.17) is 0 Å². The van der Waals surface area contributed by atoms with E-state index in [1.165, 1.54) is 11.3 Å².